The number of hydrogen-bond donors (Lipinski definition) is 4. The van der Waals surface area contributed by atoms with Crippen molar-refractivity contribution in [3.05, 3.63) is 0 Å². The molecule has 158 valence electrons. The van der Waals surface area contributed by atoms with Crippen LogP contribution < -0.4 is 21.3 Å². The number of rotatable bonds is 10. The maximum Gasteiger partial charge on any atom is 0.390 e. The molecule has 0 saturated heterocycles. The minimum absolute atomic E-state index is 0. The van der Waals surface area contributed by atoms with Crippen LogP contribution in [0.15, 0.2) is 0 Å². The van der Waals surface area contributed by atoms with Gasteiger partial charge in [-0.1, -0.05) is 13.8 Å². The van der Waals surface area contributed by atoms with Crippen LogP contribution in [0.4, 0.5) is 36.7 Å². The number of nitrogens with zero attached hydrogens (tertiary/aromatic N) is 4. The van der Waals surface area contributed by atoms with E-state index in [0.717, 1.165) is 12.8 Å². The fraction of sp³-hybridized carbons (Fsp3) is 0.625. The van der Waals surface area contributed by atoms with E-state index in [0.29, 0.717) is 41.7 Å². The lowest BCUT2D eigenvalue weighted by molar-refractivity contribution is -0.131. The molecule has 0 bridgehead atoms. The quantitative estimate of drug-likeness (QED) is 0.457. The molecule has 2 rings (SSSR count). The second-order valence-electron chi connectivity index (χ2n) is 5.88. The standard InChI is InChI=1S/C16H25F3N8.ClH/c1-4-7-21-13-11-10(12(20-3)26-14(25-11)22-8-5-2)24-15(27-13)23-9-6-16(17,18)19;/h4-9H2,1-3H3,(H2,20,22,25,26)(H2,21,23,24,27);1H. The minimum atomic E-state index is -4.24. The Bertz CT molecular complexity index is 757. The third kappa shape index (κ3) is 6.70. The van der Waals surface area contributed by atoms with Crippen LogP contribution in [0.25, 0.3) is 11.0 Å². The van der Waals surface area contributed by atoms with Gasteiger partial charge in [0.15, 0.2) is 11.6 Å². The minimum Gasteiger partial charge on any atom is -0.371 e. The topological polar surface area (TPSA) is 99.7 Å². The molecular weight excluding hydrogens is 397 g/mol. The van der Waals surface area contributed by atoms with Gasteiger partial charge < -0.3 is 21.3 Å². The summed E-state index contributed by atoms with van der Waals surface area (Å²) < 4.78 is 37.2. The van der Waals surface area contributed by atoms with Crippen molar-refractivity contribution in [2.75, 3.05) is 47.9 Å². The molecule has 2 aromatic rings. The molecule has 0 aliphatic carbocycles. The summed E-state index contributed by atoms with van der Waals surface area (Å²) in [4.78, 5) is 17.5. The van der Waals surface area contributed by atoms with E-state index < -0.39 is 12.6 Å². The fourth-order valence-electron chi connectivity index (χ4n) is 2.27. The van der Waals surface area contributed by atoms with Crippen LogP contribution in [-0.4, -0.2) is 52.8 Å². The van der Waals surface area contributed by atoms with Crippen LogP contribution >= 0.6 is 12.4 Å². The van der Waals surface area contributed by atoms with Gasteiger partial charge in [0.05, 0.1) is 6.42 Å². The average Bonchev–Trinajstić information content (AvgIpc) is 2.62. The summed E-state index contributed by atoms with van der Waals surface area (Å²) in [6.07, 6.45) is -3.45. The van der Waals surface area contributed by atoms with Crippen LogP contribution in [0, 0.1) is 0 Å². The zero-order valence-electron chi connectivity index (χ0n) is 16.1. The molecule has 0 aromatic carbocycles. The summed E-state index contributed by atoms with van der Waals surface area (Å²) in [5, 5.41) is 11.9. The molecule has 0 spiro atoms. The molecule has 2 heterocycles. The van der Waals surface area contributed by atoms with Crippen molar-refractivity contribution in [2.45, 2.75) is 39.3 Å². The van der Waals surface area contributed by atoms with Gasteiger partial charge in [0.1, 0.15) is 11.0 Å². The van der Waals surface area contributed by atoms with E-state index in [1.54, 1.807) is 7.05 Å². The van der Waals surface area contributed by atoms with Crippen molar-refractivity contribution in [3.63, 3.8) is 0 Å². The van der Waals surface area contributed by atoms with Crippen molar-refractivity contribution >= 4 is 47.0 Å². The number of alkyl halides is 3. The first-order chi connectivity index (χ1) is 12.9. The van der Waals surface area contributed by atoms with Crippen molar-refractivity contribution in [1.29, 1.82) is 0 Å². The molecule has 0 aliphatic rings. The third-order valence-electron chi connectivity index (χ3n) is 3.55. The van der Waals surface area contributed by atoms with Crippen molar-refractivity contribution in [1.82, 2.24) is 19.9 Å². The Labute approximate surface area is 167 Å². The normalized spacial score (nSPS) is 11.1. The Morgan fingerprint density at radius 2 is 1.25 bits per heavy atom. The first-order valence-electron chi connectivity index (χ1n) is 8.93. The van der Waals surface area contributed by atoms with Crippen LogP contribution in [0.3, 0.4) is 0 Å². The Hall–Kier alpha value is -2.30. The van der Waals surface area contributed by atoms with Crippen LogP contribution in [0.5, 0.6) is 0 Å². The third-order valence-corrected chi connectivity index (χ3v) is 3.55. The predicted octanol–water partition coefficient (Wildman–Crippen LogP) is 3.89. The van der Waals surface area contributed by atoms with E-state index in [1.165, 1.54) is 0 Å². The van der Waals surface area contributed by atoms with Gasteiger partial charge in [-0.2, -0.15) is 23.1 Å². The van der Waals surface area contributed by atoms with Gasteiger partial charge in [0.25, 0.3) is 0 Å². The number of halogens is 4. The first kappa shape index (κ1) is 23.7. The fourth-order valence-corrected chi connectivity index (χ4v) is 2.27. The molecule has 0 amide bonds. The van der Waals surface area contributed by atoms with E-state index in [-0.39, 0.29) is 24.9 Å². The highest BCUT2D eigenvalue weighted by Gasteiger charge is 2.26. The Morgan fingerprint density at radius 3 is 1.79 bits per heavy atom. The molecule has 0 saturated carbocycles. The van der Waals surface area contributed by atoms with E-state index in [2.05, 4.69) is 41.2 Å². The van der Waals surface area contributed by atoms with Crippen LogP contribution in [0.2, 0.25) is 0 Å². The molecular formula is C16H26ClF3N8. The number of anilines is 4. The predicted molar refractivity (Wildman–Crippen MR) is 109 cm³/mol. The zero-order chi connectivity index (χ0) is 19.9. The number of nitrogens with one attached hydrogen (secondary N) is 4. The largest absolute Gasteiger partial charge is 0.390 e. The molecule has 0 fully saturated rings. The zero-order valence-corrected chi connectivity index (χ0v) is 16.9. The van der Waals surface area contributed by atoms with E-state index in [9.17, 15) is 13.2 Å². The summed E-state index contributed by atoms with van der Waals surface area (Å²) >= 11 is 0. The molecule has 8 nitrogen and oxygen atoms in total. The second-order valence-corrected chi connectivity index (χ2v) is 5.88. The number of fused-ring (bicyclic) bond motifs is 1. The average molecular weight is 423 g/mol. The molecule has 0 radical (unpaired) electrons. The van der Waals surface area contributed by atoms with E-state index in [1.807, 2.05) is 13.8 Å². The SMILES string of the molecule is CCCNc1nc(NC)c2nc(NCCC(F)(F)F)nc(NCCC)c2n1.Cl. The molecule has 2 aromatic heterocycles. The summed E-state index contributed by atoms with van der Waals surface area (Å²) in [5.74, 6) is 1.46. The second kappa shape index (κ2) is 10.9. The van der Waals surface area contributed by atoms with E-state index in [4.69, 9.17) is 0 Å². The van der Waals surface area contributed by atoms with E-state index >= 15 is 0 Å². The van der Waals surface area contributed by atoms with Gasteiger partial charge in [-0.15, -0.1) is 12.4 Å². The summed E-state index contributed by atoms with van der Waals surface area (Å²) in [6.45, 7) is 5.08. The molecule has 0 unspecified atom stereocenters. The molecule has 0 atom stereocenters. The Morgan fingerprint density at radius 1 is 0.750 bits per heavy atom. The first-order valence-corrected chi connectivity index (χ1v) is 8.93. The monoisotopic (exact) mass is 422 g/mol. The maximum atomic E-state index is 12.4. The summed E-state index contributed by atoms with van der Waals surface area (Å²) in [6, 6.07) is 0. The maximum absolute atomic E-state index is 12.4. The van der Waals surface area contributed by atoms with Crippen molar-refractivity contribution < 1.29 is 13.2 Å². The lowest BCUT2D eigenvalue weighted by Gasteiger charge is -2.14. The highest BCUT2D eigenvalue weighted by Crippen LogP contribution is 2.27. The van der Waals surface area contributed by atoms with Gasteiger partial charge in [0, 0.05) is 26.7 Å². The molecule has 12 heteroatoms. The van der Waals surface area contributed by atoms with Gasteiger partial charge in [0.2, 0.25) is 11.9 Å². The Balaban J connectivity index is 0.00000392. The number of hydrogen-bond acceptors (Lipinski definition) is 8. The smallest absolute Gasteiger partial charge is 0.371 e. The van der Waals surface area contributed by atoms with Gasteiger partial charge >= 0.3 is 6.18 Å². The highest BCUT2D eigenvalue weighted by atomic mass is 35.5. The van der Waals surface area contributed by atoms with Crippen molar-refractivity contribution in [2.24, 2.45) is 0 Å². The summed E-state index contributed by atoms with van der Waals surface area (Å²) in [7, 11) is 1.70. The summed E-state index contributed by atoms with van der Waals surface area (Å²) in [5.41, 5.74) is 0.936. The molecule has 28 heavy (non-hydrogen) atoms. The highest BCUT2D eigenvalue weighted by molar-refractivity contribution is 5.94. The van der Waals surface area contributed by atoms with Crippen LogP contribution in [-0.2, 0) is 0 Å². The van der Waals surface area contributed by atoms with Crippen molar-refractivity contribution in [3.8, 4) is 0 Å². The lowest BCUT2D eigenvalue weighted by Crippen LogP contribution is -2.17. The van der Waals surface area contributed by atoms with Gasteiger partial charge in [-0.3, -0.25) is 0 Å². The molecule has 0 aliphatic heterocycles. The van der Waals surface area contributed by atoms with Crippen LogP contribution in [0.1, 0.15) is 33.1 Å². The number of aromatic nitrogens is 4. The van der Waals surface area contributed by atoms with Gasteiger partial charge in [-0.05, 0) is 12.8 Å². The lowest BCUT2D eigenvalue weighted by atomic mass is 10.3. The van der Waals surface area contributed by atoms with Gasteiger partial charge in [-0.25, -0.2) is 9.97 Å². The molecule has 4 N–H and O–H groups in total. The Kier molecular flexibility index (Phi) is 9.23.